The normalized spacial score (nSPS) is 12.6. The van der Waals surface area contributed by atoms with Crippen LogP contribution in [0.25, 0.3) is 0 Å². The summed E-state index contributed by atoms with van der Waals surface area (Å²) in [4.78, 5) is 11.0. The average molecular weight is 173 g/mol. The Morgan fingerprint density at radius 1 is 1.50 bits per heavy atom. The largest absolute Gasteiger partial charge is 0.378 e. The highest BCUT2D eigenvalue weighted by Gasteiger charge is 2.11. The molecule has 0 aliphatic carbocycles. The quantitative estimate of drug-likeness (QED) is 0.658. The first-order chi connectivity index (χ1) is 5.74. The molecule has 0 aromatic heterocycles. The lowest BCUT2D eigenvalue weighted by atomic mass is 10.1. The maximum absolute atomic E-state index is 11.0. The molecule has 1 atom stereocenters. The molecule has 0 aromatic rings. The third kappa shape index (κ3) is 5.13. The Balaban J connectivity index is 3.68. The average Bonchev–Trinajstić information content (AvgIpc) is 2.05. The highest BCUT2D eigenvalue weighted by molar-refractivity contribution is 5.75. The number of carbonyl (C=O) groups excluding carboxylic acids is 1. The first kappa shape index (κ1) is 11.4. The van der Waals surface area contributed by atoms with Gasteiger partial charge in [-0.2, -0.15) is 0 Å². The summed E-state index contributed by atoms with van der Waals surface area (Å²) in [5.41, 5.74) is 0. The van der Waals surface area contributed by atoms with Gasteiger partial charge in [-0.15, -0.1) is 0 Å². The molecule has 0 aromatic carbocycles. The van der Waals surface area contributed by atoms with Crippen molar-refractivity contribution in [3.63, 3.8) is 0 Å². The molecule has 1 amide bonds. The number of ether oxygens (including phenoxy) is 1. The number of rotatable bonds is 6. The van der Waals surface area contributed by atoms with E-state index in [1.54, 1.807) is 7.05 Å². The Labute approximate surface area is 74.5 Å². The van der Waals surface area contributed by atoms with Gasteiger partial charge in [0.1, 0.15) is 0 Å². The van der Waals surface area contributed by atoms with Crippen LogP contribution in [-0.2, 0) is 9.53 Å². The van der Waals surface area contributed by atoms with Gasteiger partial charge in [0.25, 0.3) is 0 Å². The van der Waals surface area contributed by atoms with E-state index in [1.807, 2.05) is 6.92 Å². The minimum atomic E-state index is 0.0573. The second kappa shape index (κ2) is 7.10. The van der Waals surface area contributed by atoms with Crippen LogP contribution < -0.4 is 5.32 Å². The van der Waals surface area contributed by atoms with Crippen molar-refractivity contribution < 1.29 is 9.53 Å². The summed E-state index contributed by atoms with van der Waals surface area (Å²) in [5.74, 6) is 0.0573. The number of carbonyl (C=O) groups is 1. The molecule has 0 spiro atoms. The van der Waals surface area contributed by atoms with Gasteiger partial charge in [-0.3, -0.25) is 4.79 Å². The predicted molar refractivity (Wildman–Crippen MR) is 49.0 cm³/mol. The Morgan fingerprint density at radius 3 is 2.58 bits per heavy atom. The summed E-state index contributed by atoms with van der Waals surface area (Å²) in [5, 5.41) is 2.59. The van der Waals surface area contributed by atoms with Crippen LogP contribution in [0.5, 0.6) is 0 Å². The fraction of sp³-hybridized carbons (Fsp3) is 0.889. The van der Waals surface area contributed by atoms with Gasteiger partial charge in [0, 0.05) is 13.7 Å². The van der Waals surface area contributed by atoms with E-state index in [2.05, 4.69) is 12.2 Å². The molecule has 12 heavy (non-hydrogen) atoms. The molecule has 0 saturated heterocycles. The van der Waals surface area contributed by atoms with Crippen LogP contribution in [0, 0.1) is 0 Å². The van der Waals surface area contributed by atoms with Crippen molar-refractivity contribution in [2.45, 2.75) is 39.2 Å². The molecule has 0 radical (unpaired) electrons. The molecule has 0 aliphatic rings. The van der Waals surface area contributed by atoms with E-state index in [-0.39, 0.29) is 12.0 Å². The fourth-order valence-electron chi connectivity index (χ4n) is 1.11. The minimum absolute atomic E-state index is 0.0573. The third-order valence-corrected chi connectivity index (χ3v) is 1.70. The number of hydrogen-bond donors (Lipinski definition) is 1. The van der Waals surface area contributed by atoms with Gasteiger partial charge in [-0.1, -0.05) is 13.3 Å². The van der Waals surface area contributed by atoms with E-state index >= 15 is 0 Å². The summed E-state index contributed by atoms with van der Waals surface area (Å²) in [7, 11) is 1.65. The number of nitrogens with one attached hydrogen (secondary N) is 1. The third-order valence-electron chi connectivity index (χ3n) is 1.70. The molecule has 0 fully saturated rings. The molecule has 3 heteroatoms. The van der Waals surface area contributed by atoms with Crippen molar-refractivity contribution in [3.05, 3.63) is 0 Å². The van der Waals surface area contributed by atoms with Gasteiger partial charge >= 0.3 is 0 Å². The van der Waals surface area contributed by atoms with Crippen molar-refractivity contribution in [2.24, 2.45) is 0 Å². The SMILES string of the molecule is CCCC(CC(=O)NC)OCC. The predicted octanol–water partition coefficient (Wildman–Crippen LogP) is 1.33. The molecule has 0 bridgehead atoms. The summed E-state index contributed by atoms with van der Waals surface area (Å²) in [6, 6.07) is 0. The Morgan fingerprint density at radius 2 is 2.17 bits per heavy atom. The molecule has 0 heterocycles. The number of hydrogen-bond acceptors (Lipinski definition) is 2. The fourth-order valence-corrected chi connectivity index (χ4v) is 1.11. The van der Waals surface area contributed by atoms with Crippen molar-refractivity contribution in [1.29, 1.82) is 0 Å². The molecule has 1 unspecified atom stereocenters. The van der Waals surface area contributed by atoms with E-state index in [4.69, 9.17) is 4.74 Å². The molecule has 1 N–H and O–H groups in total. The zero-order valence-corrected chi connectivity index (χ0v) is 8.22. The summed E-state index contributed by atoms with van der Waals surface area (Å²) in [6.07, 6.45) is 2.60. The molecule has 72 valence electrons. The monoisotopic (exact) mass is 173 g/mol. The van der Waals surface area contributed by atoms with Crippen LogP contribution in [0.3, 0.4) is 0 Å². The Kier molecular flexibility index (Phi) is 6.76. The van der Waals surface area contributed by atoms with Crippen LogP contribution in [-0.4, -0.2) is 25.7 Å². The second-order valence-electron chi connectivity index (χ2n) is 2.74. The van der Waals surface area contributed by atoms with Crippen molar-refractivity contribution >= 4 is 5.91 Å². The van der Waals surface area contributed by atoms with Gasteiger partial charge in [0.05, 0.1) is 12.5 Å². The van der Waals surface area contributed by atoms with E-state index in [9.17, 15) is 4.79 Å². The smallest absolute Gasteiger partial charge is 0.222 e. The molecule has 0 saturated carbocycles. The van der Waals surface area contributed by atoms with Crippen LogP contribution >= 0.6 is 0 Å². The van der Waals surface area contributed by atoms with Gasteiger partial charge in [-0.25, -0.2) is 0 Å². The Bertz CT molecular complexity index is 120. The highest BCUT2D eigenvalue weighted by Crippen LogP contribution is 2.06. The van der Waals surface area contributed by atoms with Crippen LogP contribution in [0.15, 0.2) is 0 Å². The summed E-state index contributed by atoms with van der Waals surface area (Å²) in [6.45, 7) is 4.73. The zero-order chi connectivity index (χ0) is 9.40. The van der Waals surface area contributed by atoms with E-state index in [1.165, 1.54) is 0 Å². The van der Waals surface area contributed by atoms with Gasteiger partial charge in [-0.05, 0) is 13.3 Å². The molecule has 0 aliphatic heterocycles. The zero-order valence-electron chi connectivity index (χ0n) is 8.22. The minimum Gasteiger partial charge on any atom is -0.378 e. The Hall–Kier alpha value is -0.570. The van der Waals surface area contributed by atoms with Crippen LogP contribution in [0.4, 0.5) is 0 Å². The maximum Gasteiger partial charge on any atom is 0.222 e. The van der Waals surface area contributed by atoms with Crippen molar-refractivity contribution in [3.8, 4) is 0 Å². The van der Waals surface area contributed by atoms with Crippen molar-refractivity contribution in [1.82, 2.24) is 5.32 Å². The summed E-state index contributed by atoms with van der Waals surface area (Å²) < 4.78 is 5.39. The van der Waals surface area contributed by atoms with E-state index < -0.39 is 0 Å². The van der Waals surface area contributed by atoms with E-state index in [0.29, 0.717) is 13.0 Å². The standard InChI is InChI=1S/C9H19NO2/c1-4-6-8(12-5-2)7-9(11)10-3/h8H,4-7H2,1-3H3,(H,10,11). The van der Waals surface area contributed by atoms with Crippen molar-refractivity contribution in [2.75, 3.05) is 13.7 Å². The van der Waals surface area contributed by atoms with Gasteiger partial charge in [0.15, 0.2) is 0 Å². The topological polar surface area (TPSA) is 38.3 Å². The second-order valence-corrected chi connectivity index (χ2v) is 2.74. The maximum atomic E-state index is 11.0. The highest BCUT2D eigenvalue weighted by atomic mass is 16.5. The number of amides is 1. The summed E-state index contributed by atoms with van der Waals surface area (Å²) >= 11 is 0. The molecule has 0 rings (SSSR count). The van der Waals surface area contributed by atoms with Gasteiger partial charge < -0.3 is 10.1 Å². The first-order valence-electron chi connectivity index (χ1n) is 4.56. The van der Waals surface area contributed by atoms with Crippen LogP contribution in [0.1, 0.15) is 33.1 Å². The lowest BCUT2D eigenvalue weighted by Gasteiger charge is -2.14. The molecule has 3 nitrogen and oxygen atoms in total. The molecular formula is C9H19NO2. The van der Waals surface area contributed by atoms with E-state index in [0.717, 1.165) is 12.8 Å². The lowest BCUT2D eigenvalue weighted by Crippen LogP contribution is -2.25. The lowest BCUT2D eigenvalue weighted by molar-refractivity contribution is -0.123. The van der Waals surface area contributed by atoms with Gasteiger partial charge in [0.2, 0.25) is 5.91 Å². The first-order valence-corrected chi connectivity index (χ1v) is 4.56. The van der Waals surface area contributed by atoms with Crippen LogP contribution in [0.2, 0.25) is 0 Å². The molecular weight excluding hydrogens is 154 g/mol.